The van der Waals surface area contributed by atoms with Crippen molar-refractivity contribution in [2.45, 2.75) is 18.9 Å². The van der Waals surface area contributed by atoms with Crippen LogP contribution < -0.4 is 0 Å². The van der Waals surface area contributed by atoms with Crippen molar-refractivity contribution >= 4 is 0 Å². The summed E-state index contributed by atoms with van der Waals surface area (Å²) in [7, 11) is 4.35. The maximum atomic E-state index is 2.36. The highest BCUT2D eigenvalue weighted by Crippen LogP contribution is 2.29. The van der Waals surface area contributed by atoms with Gasteiger partial charge in [-0.25, -0.2) is 10.0 Å². The van der Waals surface area contributed by atoms with E-state index in [0.717, 1.165) is 5.92 Å². The van der Waals surface area contributed by atoms with Gasteiger partial charge >= 0.3 is 0 Å². The molecule has 0 radical (unpaired) electrons. The monoisotopic (exact) mass is 152 g/mol. The van der Waals surface area contributed by atoms with Gasteiger partial charge in [-0.1, -0.05) is 12.2 Å². The van der Waals surface area contributed by atoms with E-state index in [0.29, 0.717) is 6.04 Å². The van der Waals surface area contributed by atoms with Gasteiger partial charge < -0.3 is 0 Å². The molecule has 2 aliphatic rings. The van der Waals surface area contributed by atoms with E-state index in [4.69, 9.17) is 0 Å². The summed E-state index contributed by atoms with van der Waals surface area (Å²) in [5.74, 6) is 0.884. The third-order valence-corrected chi connectivity index (χ3v) is 2.99. The number of allylic oxidation sites excluding steroid dienone is 1. The molecule has 11 heavy (non-hydrogen) atoms. The normalized spacial score (nSPS) is 39.5. The Morgan fingerprint density at radius 1 is 1.36 bits per heavy atom. The zero-order chi connectivity index (χ0) is 7.84. The minimum Gasteiger partial charge on any atom is -0.244 e. The summed E-state index contributed by atoms with van der Waals surface area (Å²) < 4.78 is 0. The molecule has 0 N–H and O–H groups in total. The van der Waals surface area contributed by atoms with Gasteiger partial charge in [0.1, 0.15) is 0 Å². The molecule has 2 rings (SSSR count). The maximum Gasteiger partial charge on any atom is 0.0463 e. The van der Waals surface area contributed by atoms with Gasteiger partial charge in [0.15, 0.2) is 0 Å². The predicted octanol–water partition coefficient (Wildman–Crippen LogP) is 1.11. The second-order valence-corrected chi connectivity index (χ2v) is 3.67. The predicted molar refractivity (Wildman–Crippen MR) is 46.0 cm³/mol. The number of nitrogens with zero attached hydrogens (tertiary/aromatic N) is 2. The Balaban J connectivity index is 2.15. The van der Waals surface area contributed by atoms with Crippen LogP contribution in [0.1, 0.15) is 12.8 Å². The Morgan fingerprint density at radius 3 is 2.91 bits per heavy atom. The molecule has 1 aliphatic carbocycles. The number of hydrazine groups is 1. The summed E-state index contributed by atoms with van der Waals surface area (Å²) in [6.07, 6.45) is 7.33. The first-order valence-electron chi connectivity index (χ1n) is 4.39. The lowest BCUT2D eigenvalue weighted by atomic mass is 9.91. The van der Waals surface area contributed by atoms with Crippen LogP contribution in [0.3, 0.4) is 0 Å². The van der Waals surface area contributed by atoms with Crippen LogP contribution in [0.15, 0.2) is 12.2 Å². The van der Waals surface area contributed by atoms with Crippen LogP contribution in [0.4, 0.5) is 0 Å². The molecule has 2 heteroatoms. The molecule has 0 aromatic carbocycles. The van der Waals surface area contributed by atoms with Crippen molar-refractivity contribution in [1.82, 2.24) is 10.0 Å². The number of likely N-dealkylation sites (N-methyl/N-ethyl adjacent to an activating group) is 1. The fraction of sp³-hybridized carbons (Fsp3) is 0.778. The fourth-order valence-electron chi connectivity index (χ4n) is 2.20. The van der Waals surface area contributed by atoms with Gasteiger partial charge in [0.05, 0.1) is 0 Å². The average molecular weight is 152 g/mol. The number of hydrogen-bond donors (Lipinski definition) is 0. The van der Waals surface area contributed by atoms with Gasteiger partial charge in [-0.05, 0) is 18.8 Å². The Morgan fingerprint density at radius 2 is 2.18 bits per heavy atom. The molecule has 0 spiro atoms. The lowest BCUT2D eigenvalue weighted by Gasteiger charge is -2.25. The molecule has 1 heterocycles. The van der Waals surface area contributed by atoms with Gasteiger partial charge in [-0.3, -0.25) is 0 Å². The van der Waals surface area contributed by atoms with Gasteiger partial charge in [0.25, 0.3) is 0 Å². The number of hydrogen-bond acceptors (Lipinski definition) is 2. The first-order chi connectivity index (χ1) is 5.29. The molecule has 62 valence electrons. The number of fused-ring (bicyclic) bond motifs is 1. The van der Waals surface area contributed by atoms with Gasteiger partial charge in [-0.15, -0.1) is 0 Å². The molecule has 1 aliphatic heterocycles. The summed E-state index contributed by atoms with van der Waals surface area (Å²) in [4.78, 5) is 0. The van der Waals surface area contributed by atoms with Crippen LogP contribution in [0.25, 0.3) is 0 Å². The molecule has 1 fully saturated rings. The second kappa shape index (κ2) is 2.61. The zero-order valence-electron chi connectivity index (χ0n) is 7.33. The third kappa shape index (κ3) is 1.10. The van der Waals surface area contributed by atoms with Crippen molar-refractivity contribution in [1.29, 1.82) is 0 Å². The SMILES string of the molecule is CN1CC2CCC=CC2N1C. The summed E-state index contributed by atoms with van der Waals surface area (Å²) >= 11 is 0. The van der Waals surface area contributed by atoms with Crippen molar-refractivity contribution in [3.63, 3.8) is 0 Å². The quantitative estimate of drug-likeness (QED) is 0.480. The molecule has 2 unspecified atom stereocenters. The van der Waals surface area contributed by atoms with Crippen LogP contribution in [-0.4, -0.2) is 36.7 Å². The number of rotatable bonds is 0. The second-order valence-electron chi connectivity index (χ2n) is 3.67. The van der Waals surface area contributed by atoms with Crippen molar-refractivity contribution < 1.29 is 0 Å². The van der Waals surface area contributed by atoms with Crippen molar-refractivity contribution in [3.05, 3.63) is 12.2 Å². The van der Waals surface area contributed by atoms with Crippen LogP contribution in [0.5, 0.6) is 0 Å². The topological polar surface area (TPSA) is 6.48 Å². The molecule has 0 bridgehead atoms. The molecule has 0 aromatic rings. The summed E-state index contributed by atoms with van der Waals surface area (Å²) in [6, 6.07) is 0.689. The maximum absolute atomic E-state index is 2.36. The van der Waals surface area contributed by atoms with E-state index in [9.17, 15) is 0 Å². The van der Waals surface area contributed by atoms with E-state index in [-0.39, 0.29) is 0 Å². The summed E-state index contributed by atoms with van der Waals surface area (Å²) in [5, 5.41) is 4.67. The van der Waals surface area contributed by atoms with Crippen LogP contribution >= 0.6 is 0 Å². The lowest BCUT2D eigenvalue weighted by molar-refractivity contribution is 0.0670. The Hall–Kier alpha value is -0.340. The molecule has 2 nitrogen and oxygen atoms in total. The highest BCUT2D eigenvalue weighted by Gasteiger charge is 2.34. The summed E-state index contributed by atoms with van der Waals surface area (Å²) in [5.41, 5.74) is 0. The van der Waals surface area contributed by atoms with E-state index in [1.165, 1.54) is 19.4 Å². The fourth-order valence-corrected chi connectivity index (χ4v) is 2.20. The molecule has 2 atom stereocenters. The van der Waals surface area contributed by atoms with E-state index in [2.05, 4.69) is 36.3 Å². The van der Waals surface area contributed by atoms with E-state index >= 15 is 0 Å². The largest absolute Gasteiger partial charge is 0.244 e. The van der Waals surface area contributed by atoms with Crippen LogP contribution in [0.2, 0.25) is 0 Å². The first-order valence-corrected chi connectivity index (χ1v) is 4.39. The van der Waals surface area contributed by atoms with E-state index in [1.54, 1.807) is 0 Å². The van der Waals surface area contributed by atoms with Gasteiger partial charge in [0, 0.05) is 26.7 Å². The third-order valence-electron chi connectivity index (χ3n) is 2.99. The standard InChI is InChI=1S/C9H16N2/c1-10-7-8-5-3-4-6-9(8)11(10)2/h4,6,8-9H,3,5,7H2,1-2H3. The highest BCUT2D eigenvalue weighted by molar-refractivity contribution is 5.04. The Labute approximate surface area is 68.4 Å². The van der Waals surface area contributed by atoms with Crippen LogP contribution in [-0.2, 0) is 0 Å². The van der Waals surface area contributed by atoms with Crippen LogP contribution in [0, 0.1) is 5.92 Å². The van der Waals surface area contributed by atoms with Crippen molar-refractivity contribution in [3.8, 4) is 0 Å². The van der Waals surface area contributed by atoms with E-state index < -0.39 is 0 Å². The summed E-state index contributed by atoms with van der Waals surface area (Å²) in [6.45, 7) is 1.24. The van der Waals surface area contributed by atoms with Gasteiger partial charge in [0.2, 0.25) is 0 Å². The first kappa shape index (κ1) is 7.32. The highest BCUT2D eigenvalue weighted by atomic mass is 15.6. The molecule has 0 saturated carbocycles. The van der Waals surface area contributed by atoms with Crippen molar-refractivity contribution in [2.24, 2.45) is 5.92 Å². The van der Waals surface area contributed by atoms with Crippen molar-refractivity contribution in [2.75, 3.05) is 20.6 Å². The Kier molecular flexibility index (Phi) is 1.74. The Bertz CT molecular complexity index is 176. The average Bonchev–Trinajstić information content (AvgIpc) is 2.30. The van der Waals surface area contributed by atoms with E-state index in [1.807, 2.05) is 0 Å². The van der Waals surface area contributed by atoms with Gasteiger partial charge in [-0.2, -0.15) is 0 Å². The molecule has 0 amide bonds. The zero-order valence-corrected chi connectivity index (χ0v) is 7.33. The lowest BCUT2D eigenvalue weighted by Crippen LogP contribution is -2.35. The molecule has 0 aromatic heterocycles. The molecule has 1 saturated heterocycles. The molecular formula is C9H16N2. The molecular weight excluding hydrogens is 136 g/mol. The minimum absolute atomic E-state index is 0.689. The minimum atomic E-state index is 0.689. The smallest absolute Gasteiger partial charge is 0.0463 e.